The predicted molar refractivity (Wildman–Crippen MR) is 87.8 cm³/mol. The van der Waals surface area contributed by atoms with E-state index in [1.54, 1.807) is 6.07 Å². The molecule has 0 aliphatic heterocycles. The molecular weight excluding hydrogens is 298 g/mol. The summed E-state index contributed by atoms with van der Waals surface area (Å²) in [6.07, 6.45) is 3.19. The van der Waals surface area contributed by atoms with Crippen LogP contribution in [0.5, 0.6) is 5.75 Å². The zero-order valence-electron chi connectivity index (χ0n) is 13.7. The first-order valence-corrected chi connectivity index (χ1v) is 7.82. The molecule has 1 aliphatic rings. The van der Waals surface area contributed by atoms with Crippen LogP contribution in [0.1, 0.15) is 33.1 Å². The first-order chi connectivity index (χ1) is 10.9. The van der Waals surface area contributed by atoms with Gasteiger partial charge in [-0.1, -0.05) is 26.7 Å². The van der Waals surface area contributed by atoms with Gasteiger partial charge in [-0.25, -0.2) is 4.79 Å². The molecule has 23 heavy (non-hydrogen) atoms. The summed E-state index contributed by atoms with van der Waals surface area (Å²) in [5.74, 6) is 1.32. The van der Waals surface area contributed by atoms with Gasteiger partial charge in [-0.05, 0) is 30.4 Å². The number of benzene rings is 1. The summed E-state index contributed by atoms with van der Waals surface area (Å²) in [7, 11) is 1.44. The monoisotopic (exact) mass is 321 g/mol. The largest absolute Gasteiger partial charge is 0.496 e. The Morgan fingerprint density at radius 1 is 1.35 bits per heavy atom. The number of anilines is 1. The normalized spacial score (nSPS) is 23.9. The van der Waals surface area contributed by atoms with Crippen LogP contribution in [0, 0.1) is 22.0 Å². The van der Waals surface area contributed by atoms with E-state index in [0.29, 0.717) is 17.6 Å². The van der Waals surface area contributed by atoms with Gasteiger partial charge in [-0.2, -0.15) is 0 Å². The van der Waals surface area contributed by atoms with Gasteiger partial charge in [0, 0.05) is 6.04 Å². The lowest BCUT2D eigenvalue weighted by Gasteiger charge is -2.34. The number of carbonyl (C=O) groups excluding carboxylic acids is 1. The van der Waals surface area contributed by atoms with Crippen molar-refractivity contribution in [2.45, 2.75) is 39.2 Å². The number of nitro groups is 1. The van der Waals surface area contributed by atoms with Crippen LogP contribution in [0.4, 0.5) is 16.2 Å². The van der Waals surface area contributed by atoms with Crippen LogP contribution >= 0.6 is 0 Å². The molecule has 0 radical (unpaired) electrons. The van der Waals surface area contributed by atoms with Gasteiger partial charge in [0.25, 0.3) is 5.69 Å². The van der Waals surface area contributed by atoms with E-state index in [1.165, 1.54) is 25.7 Å². The summed E-state index contributed by atoms with van der Waals surface area (Å²) in [5, 5.41) is 16.7. The molecule has 2 amide bonds. The third-order valence-electron chi connectivity index (χ3n) is 4.67. The molecule has 1 saturated carbocycles. The van der Waals surface area contributed by atoms with E-state index in [9.17, 15) is 14.9 Å². The van der Waals surface area contributed by atoms with Crippen LogP contribution in [0.2, 0.25) is 0 Å². The molecule has 126 valence electrons. The second-order valence-electron chi connectivity index (χ2n) is 6.11. The highest BCUT2D eigenvalue weighted by Crippen LogP contribution is 2.31. The van der Waals surface area contributed by atoms with Crippen LogP contribution in [0.25, 0.3) is 0 Å². The minimum atomic E-state index is -0.538. The van der Waals surface area contributed by atoms with Gasteiger partial charge in [-0.15, -0.1) is 0 Å². The topological polar surface area (TPSA) is 93.5 Å². The molecule has 1 aromatic carbocycles. The van der Waals surface area contributed by atoms with Crippen molar-refractivity contribution >= 4 is 17.4 Å². The highest BCUT2D eigenvalue weighted by atomic mass is 16.6. The summed E-state index contributed by atoms with van der Waals surface area (Å²) in [4.78, 5) is 22.8. The van der Waals surface area contributed by atoms with Crippen molar-refractivity contribution in [3.63, 3.8) is 0 Å². The molecule has 0 heterocycles. The molecule has 2 rings (SSSR count). The van der Waals surface area contributed by atoms with Crippen molar-refractivity contribution in [1.29, 1.82) is 0 Å². The number of methoxy groups -OCH3 is 1. The molecule has 0 spiro atoms. The second kappa shape index (κ2) is 7.30. The maximum absolute atomic E-state index is 12.2. The van der Waals surface area contributed by atoms with Crippen molar-refractivity contribution < 1.29 is 14.5 Å². The predicted octanol–water partition coefficient (Wildman–Crippen LogP) is 3.55. The number of carbonyl (C=O) groups is 1. The highest BCUT2D eigenvalue weighted by molar-refractivity contribution is 5.92. The second-order valence-corrected chi connectivity index (χ2v) is 6.11. The lowest BCUT2D eigenvalue weighted by Crippen LogP contribution is -2.45. The van der Waals surface area contributed by atoms with Crippen LogP contribution in [0.15, 0.2) is 18.2 Å². The van der Waals surface area contributed by atoms with E-state index in [0.717, 1.165) is 12.8 Å². The first-order valence-electron chi connectivity index (χ1n) is 7.82. The Bertz CT molecular complexity index is 591. The van der Waals surface area contributed by atoms with Crippen molar-refractivity contribution in [2.24, 2.45) is 11.8 Å². The number of nitro benzene ring substituents is 1. The first kappa shape index (κ1) is 17.1. The third-order valence-corrected chi connectivity index (χ3v) is 4.67. The molecule has 7 nitrogen and oxygen atoms in total. The van der Waals surface area contributed by atoms with Crippen molar-refractivity contribution in [2.75, 3.05) is 12.4 Å². The molecule has 0 aromatic heterocycles. The fourth-order valence-corrected chi connectivity index (χ4v) is 3.01. The lowest BCUT2D eigenvalue weighted by atomic mass is 9.78. The SMILES string of the molecule is COc1ccc(NC(=O)NC2CCCC(C)C2C)c([N+](=O)[O-])c1. The van der Waals surface area contributed by atoms with Gasteiger partial charge in [0.05, 0.1) is 18.1 Å². The van der Waals surface area contributed by atoms with Gasteiger partial charge in [0.15, 0.2) is 0 Å². The smallest absolute Gasteiger partial charge is 0.319 e. The lowest BCUT2D eigenvalue weighted by molar-refractivity contribution is -0.384. The zero-order valence-corrected chi connectivity index (χ0v) is 13.7. The fourth-order valence-electron chi connectivity index (χ4n) is 3.01. The number of nitrogens with one attached hydrogen (secondary N) is 2. The summed E-state index contributed by atoms with van der Waals surface area (Å²) < 4.78 is 4.98. The quantitative estimate of drug-likeness (QED) is 0.655. The van der Waals surface area contributed by atoms with E-state index in [-0.39, 0.29) is 17.4 Å². The van der Waals surface area contributed by atoms with Gasteiger partial charge < -0.3 is 15.4 Å². The molecule has 1 aliphatic carbocycles. The van der Waals surface area contributed by atoms with E-state index in [1.807, 2.05) is 0 Å². The van der Waals surface area contributed by atoms with Gasteiger partial charge in [0.1, 0.15) is 11.4 Å². The molecule has 7 heteroatoms. The molecular formula is C16H23N3O4. The van der Waals surface area contributed by atoms with Crippen LogP contribution in [0.3, 0.4) is 0 Å². The summed E-state index contributed by atoms with van der Waals surface area (Å²) in [6.45, 7) is 4.31. The average Bonchev–Trinajstić information content (AvgIpc) is 2.52. The minimum absolute atomic E-state index is 0.0936. The van der Waals surface area contributed by atoms with Crippen LogP contribution in [-0.4, -0.2) is 24.1 Å². The van der Waals surface area contributed by atoms with E-state index >= 15 is 0 Å². The summed E-state index contributed by atoms with van der Waals surface area (Å²) in [5.41, 5.74) is -0.0330. The molecule has 0 saturated heterocycles. The Labute approximate surface area is 135 Å². The average molecular weight is 321 g/mol. The number of hydrogen-bond donors (Lipinski definition) is 2. The van der Waals surface area contributed by atoms with Crippen molar-refractivity contribution in [3.8, 4) is 5.75 Å². The Hall–Kier alpha value is -2.31. The maximum Gasteiger partial charge on any atom is 0.319 e. The third kappa shape index (κ3) is 4.12. The van der Waals surface area contributed by atoms with E-state index in [4.69, 9.17) is 4.74 Å². The number of rotatable bonds is 4. The Kier molecular flexibility index (Phi) is 5.41. The number of nitrogens with zero attached hydrogens (tertiary/aromatic N) is 1. The summed E-state index contributed by atoms with van der Waals surface area (Å²) in [6, 6.07) is 4.03. The highest BCUT2D eigenvalue weighted by Gasteiger charge is 2.28. The number of ether oxygens (including phenoxy) is 1. The van der Waals surface area contributed by atoms with Crippen LogP contribution in [-0.2, 0) is 0 Å². The molecule has 0 bridgehead atoms. The van der Waals surface area contributed by atoms with Crippen LogP contribution < -0.4 is 15.4 Å². The maximum atomic E-state index is 12.2. The standard InChI is InChI=1S/C16H23N3O4/c1-10-5-4-6-13(11(10)2)17-16(20)18-14-8-7-12(23-3)9-15(14)19(21)22/h7-11,13H,4-6H2,1-3H3,(H2,17,18,20). The molecule has 1 aromatic rings. The van der Waals surface area contributed by atoms with Crippen molar-refractivity contribution in [3.05, 3.63) is 28.3 Å². The fraction of sp³-hybridized carbons (Fsp3) is 0.562. The summed E-state index contributed by atoms with van der Waals surface area (Å²) >= 11 is 0. The van der Waals surface area contributed by atoms with E-state index in [2.05, 4.69) is 24.5 Å². The van der Waals surface area contributed by atoms with Crippen molar-refractivity contribution in [1.82, 2.24) is 5.32 Å². The number of urea groups is 1. The molecule has 2 N–H and O–H groups in total. The van der Waals surface area contributed by atoms with Gasteiger partial charge >= 0.3 is 6.03 Å². The number of amides is 2. The van der Waals surface area contributed by atoms with Gasteiger partial charge in [-0.3, -0.25) is 10.1 Å². The molecule has 1 fully saturated rings. The Morgan fingerprint density at radius 2 is 2.09 bits per heavy atom. The Balaban J connectivity index is 2.06. The zero-order chi connectivity index (χ0) is 17.0. The Morgan fingerprint density at radius 3 is 2.74 bits per heavy atom. The van der Waals surface area contributed by atoms with E-state index < -0.39 is 11.0 Å². The minimum Gasteiger partial charge on any atom is -0.496 e. The number of hydrogen-bond acceptors (Lipinski definition) is 4. The van der Waals surface area contributed by atoms with Gasteiger partial charge in [0.2, 0.25) is 0 Å². The molecule has 3 unspecified atom stereocenters. The molecule has 3 atom stereocenters.